The summed E-state index contributed by atoms with van der Waals surface area (Å²) in [6.07, 6.45) is 0.957. The smallest absolute Gasteiger partial charge is 0.547 e. The molecule has 1 atom stereocenters. The molecule has 0 fully saturated rings. The molecule has 0 aliphatic carbocycles. The van der Waals surface area contributed by atoms with Gasteiger partial charge < -0.3 is 19.4 Å². The number of ether oxygens (including phenoxy) is 2. The van der Waals surface area contributed by atoms with Crippen LogP contribution in [0.25, 0.3) is 11.0 Å². The van der Waals surface area contributed by atoms with Gasteiger partial charge in [0.2, 0.25) is 0 Å². The van der Waals surface area contributed by atoms with Gasteiger partial charge >= 0.3 is 18.9 Å². The average Bonchev–Trinajstić information content (AvgIpc) is 3.06. The number of fused-ring (bicyclic) bond motifs is 1. The maximum Gasteiger partial charge on any atom is 1.00 e. The maximum absolute atomic E-state index is 13.0. The van der Waals surface area contributed by atoms with Crippen LogP contribution in [0.2, 0.25) is 0 Å². The molecular formula is C23H29LiN4O5. The van der Waals surface area contributed by atoms with Gasteiger partial charge in [0.25, 0.3) is 5.56 Å². The largest absolute Gasteiger partial charge is 1.00 e. The van der Waals surface area contributed by atoms with E-state index in [1.165, 1.54) is 0 Å². The first kappa shape index (κ1) is 26.6. The third-order valence-corrected chi connectivity index (χ3v) is 5.25. The summed E-state index contributed by atoms with van der Waals surface area (Å²) in [6, 6.07) is 7.12. The topological polar surface area (TPSA) is 111 Å². The quantitative estimate of drug-likeness (QED) is 0.317. The van der Waals surface area contributed by atoms with E-state index in [-0.39, 0.29) is 37.4 Å². The summed E-state index contributed by atoms with van der Waals surface area (Å²) in [5.74, 6) is 0.0190. The molecule has 10 heteroatoms. The molecule has 0 saturated heterocycles. The molecule has 172 valence electrons. The molecule has 0 unspecified atom stereocenters. The number of carboxylic acid groups (broad SMARTS) is 1. The number of aromatic nitrogens is 4. The Kier molecular flexibility index (Phi) is 9.71. The first-order valence-electron chi connectivity index (χ1n) is 10.8. The van der Waals surface area contributed by atoms with E-state index in [1.54, 1.807) is 47.5 Å². The fourth-order valence-electron chi connectivity index (χ4n) is 3.69. The third kappa shape index (κ3) is 6.25. The molecule has 3 rings (SSSR count). The second-order valence-electron chi connectivity index (χ2n) is 7.59. The van der Waals surface area contributed by atoms with Gasteiger partial charge in [-0.1, -0.05) is 25.5 Å². The van der Waals surface area contributed by atoms with E-state index in [0.29, 0.717) is 35.8 Å². The predicted octanol–water partition coefficient (Wildman–Crippen LogP) is -1.83. The Morgan fingerprint density at radius 1 is 1.21 bits per heavy atom. The van der Waals surface area contributed by atoms with Crippen LogP contribution in [0.4, 0.5) is 0 Å². The molecule has 0 saturated carbocycles. The minimum absolute atomic E-state index is 0. The first-order chi connectivity index (χ1) is 15.3. The molecule has 9 nitrogen and oxygen atoms in total. The molecule has 0 aliphatic heterocycles. The summed E-state index contributed by atoms with van der Waals surface area (Å²) in [5.41, 5.74) is 2.69. The van der Waals surface area contributed by atoms with Crippen LogP contribution in [0.1, 0.15) is 37.4 Å². The van der Waals surface area contributed by atoms with E-state index in [9.17, 15) is 14.7 Å². The number of aryl methyl sites for hydroxylation is 3. The van der Waals surface area contributed by atoms with E-state index >= 15 is 0 Å². The molecule has 3 aromatic rings. The maximum atomic E-state index is 13.0. The number of carbonyl (C=O) groups excluding carboxylic acids is 1. The van der Waals surface area contributed by atoms with Crippen LogP contribution in [0, 0.1) is 6.92 Å². The number of benzene rings is 1. The van der Waals surface area contributed by atoms with Crippen molar-refractivity contribution in [2.45, 2.75) is 52.7 Å². The molecule has 1 aromatic carbocycles. The SMILES string of the molecule is CCCc1nn(C)c2c(=O)n(CCOc3ccc(C[C@@H](OCC)C(=O)[O-])cc3)c(C)nc12.[Li+]. The summed E-state index contributed by atoms with van der Waals surface area (Å²) >= 11 is 0. The number of hydrogen-bond acceptors (Lipinski definition) is 7. The first-order valence-corrected chi connectivity index (χ1v) is 10.8. The zero-order chi connectivity index (χ0) is 23.3. The molecule has 33 heavy (non-hydrogen) atoms. The van der Waals surface area contributed by atoms with Crippen molar-refractivity contribution in [3.8, 4) is 5.75 Å². The summed E-state index contributed by atoms with van der Waals surface area (Å²) in [5, 5.41) is 15.6. The molecule has 0 bridgehead atoms. The van der Waals surface area contributed by atoms with E-state index in [0.717, 1.165) is 24.1 Å². The van der Waals surface area contributed by atoms with Gasteiger partial charge in [0, 0.05) is 20.1 Å². The van der Waals surface area contributed by atoms with Crippen LogP contribution >= 0.6 is 0 Å². The average molecular weight is 448 g/mol. The molecule has 2 heterocycles. The fourth-order valence-corrected chi connectivity index (χ4v) is 3.69. The normalized spacial score (nSPS) is 11.9. The third-order valence-electron chi connectivity index (χ3n) is 5.25. The van der Waals surface area contributed by atoms with Gasteiger partial charge in [-0.2, -0.15) is 5.10 Å². The van der Waals surface area contributed by atoms with Crippen LogP contribution < -0.4 is 34.3 Å². The molecule has 0 amide bonds. The Morgan fingerprint density at radius 2 is 1.91 bits per heavy atom. The van der Waals surface area contributed by atoms with E-state index in [1.807, 2.05) is 6.92 Å². The number of carbonyl (C=O) groups is 1. The molecule has 0 aliphatic rings. The van der Waals surface area contributed by atoms with Crippen LogP contribution in [0.15, 0.2) is 29.1 Å². The number of hydrogen-bond donors (Lipinski definition) is 0. The second-order valence-corrected chi connectivity index (χ2v) is 7.59. The van der Waals surface area contributed by atoms with Gasteiger partial charge in [0.15, 0.2) is 5.52 Å². The zero-order valence-corrected chi connectivity index (χ0v) is 20.0. The molecule has 2 aromatic heterocycles. The standard InChI is InChI=1S/C23H30N4O5.Li/c1-5-7-18-20-21(26(4)25-18)22(28)27(15(3)24-20)12-13-32-17-10-8-16(9-11-17)14-19(23(29)30)31-6-2;/h8-11,19H,5-7,12-14H2,1-4H3,(H,29,30);/q;+1/p-1/t19-;/m1./s1. The van der Waals surface area contributed by atoms with Crippen LogP contribution in [-0.2, 0) is 36.0 Å². The summed E-state index contributed by atoms with van der Waals surface area (Å²) in [4.78, 5) is 28.8. The van der Waals surface area contributed by atoms with Crippen molar-refractivity contribution in [2.24, 2.45) is 7.05 Å². The van der Waals surface area contributed by atoms with E-state index in [2.05, 4.69) is 17.0 Å². The fraction of sp³-hybridized carbons (Fsp3) is 0.478. The van der Waals surface area contributed by atoms with Crippen molar-refractivity contribution in [1.29, 1.82) is 0 Å². The Labute approximate surface area is 204 Å². The minimum atomic E-state index is -1.23. The second kappa shape index (κ2) is 12.0. The Balaban J connectivity index is 0.00000385. The number of rotatable bonds is 11. The summed E-state index contributed by atoms with van der Waals surface area (Å²) in [7, 11) is 1.76. The van der Waals surface area contributed by atoms with Crippen molar-refractivity contribution in [3.63, 3.8) is 0 Å². The van der Waals surface area contributed by atoms with E-state index in [4.69, 9.17) is 9.47 Å². The summed E-state index contributed by atoms with van der Waals surface area (Å²) in [6.45, 7) is 6.56. The molecule has 0 radical (unpaired) electrons. The number of nitrogens with zero attached hydrogens (tertiary/aromatic N) is 4. The Bertz CT molecular complexity index is 1140. The molecular weight excluding hydrogens is 419 g/mol. The van der Waals surface area contributed by atoms with Gasteiger partial charge in [0.1, 0.15) is 29.8 Å². The molecule has 0 spiro atoms. The Morgan fingerprint density at radius 3 is 2.52 bits per heavy atom. The van der Waals surface area contributed by atoms with Crippen molar-refractivity contribution < 1.29 is 38.2 Å². The van der Waals surface area contributed by atoms with Crippen molar-refractivity contribution >= 4 is 17.0 Å². The van der Waals surface area contributed by atoms with Crippen LogP contribution in [-0.4, -0.2) is 44.6 Å². The van der Waals surface area contributed by atoms with Gasteiger partial charge in [-0.15, -0.1) is 0 Å². The zero-order valence-electron chi connectivity index (χ0n) is 20.0. The van der Waals surface area contributed by atoms with Crippen molar-refractivity contribution in [3.05, 3.63) is 51.7 Å². The number of carboxylic acids is 1. The van der Waals surface area contributed by atoms with Gasteiger partial charge in [-0.3, -0.25) is 14.0 Å². The van der Waals surface area contributed by atoms with Gasteiger partial charge in [0.05, 0.1) is 18.2 Å². The van der Waals surface area contributed by atoms with Gasteiger partial charge in [-0.25, -0.2) is 4.98 Å². The van der Waals surface area contributed by atoms with Crippen molar-refractivity contribution in [1.82, 2.24) is 19.3 Å². The van der Waals surface area contributed by atoms with Gasteiger partial charge in [-0.05, 0) is 38.0 Å². The summed E-state index contributed by atoms with van der Waals surface area (Å²) < 4.78 is 14.2. The molecule has 0 N–H and O–H groups in total. The van der Waals surface area contributed by atoms with Crippen molar-refractivity contribution in [2.75, 3.05) is 13.2 Å². The number of aliphatic carboxylic acids is 1. The van der Waals surface area contributed by atoms with Crippen LogP contribution in [0.5, 0.6) is 5.75 Å². The van der Waals surface area contributed by atoms with E-state index < -0.39 is 12.1 Å². The monoisotopic (exact) mass is 448 g/mol. The minimum Gasteiger partial charge on any atom is -0.547 e. The van der Waals surface area contributed by atoms with Crippen LogP contribution in [0.3, 0.4) is 0 Å². The predicted molar refractivity (Wildman–Crippen MR) is 118 cm³/mol. The Hall–Kier alpha value is -2.60.